The van der Waals surface area contributed by atoms with Crippen LogP contribution in [0.25, 0.3) is 0 Å². The van der Waals surface area contributed by atoms with Gasteiger partial charge in [-0.05, 0) is 17.7 Å². The summed E-state index contributed by atoms with van der Waals surface area (Å²) in [5.74, 6) is -1.20. The molecule has 0 bridgehead atoms. The number of benzene rings is 1. The van der Waals surface area contributed by atoms with Crippen molar-refractivity contribution in [2.75, 3.05) is 26.8 Å². The first-order valence-electron chi connectivity index (χ1n) is 6.81. The van der Waals surface area contributed by atoms with Crippen molar-refractivity contribution >= 4 is 11.9 Å². The molecule has 0 radical (unpaired) electrons. The second-order valence-corrected chi connectivity index (χ2v) is 5.01. The SMILES string of the molecule is COC(=O)c1ccc(CN2CCOC(CC(=O)O)C2)cc1. The number of hydrogen-bond donors (Lipinski definition) is 1. The molecule has 0 amide bonds. The first-order chi connectivity index (χ1) is 10.1. The first-order valence-corrected chi connectivity index (χ1v) is 6.81. The summed E-state index contributed by atoms with van der Waals surface area (Å²) in [6.45, 7) is 2.62. The zero-order valence-corrected chi connectivity index (χ0v) is 11.9. The van der Waals surface area contributed by atoms with Gasteiger partial charge in [-0.1, -0.05) is 12.1 Å². The lowest BCUT2D eigenvalue weighted by atomic mass is 10.1. The molecular formula is C15H19NO5. The molecule has 2 rings (SSSR count). The Labute approximate surface area is 123 Å². The van der Waals surface area contributed by atoms with Gasteiger partial charge in [0, 0.05) is 19.6 Å². The predicted octanol–water partition coefficient (Wildman–Crippen LogP) is 1.15. The Hall–Kier alpha value is -1.92. The summed E-state index contributed by atoms with van der Waals surface area (Å²) in [6, 6.07) is 7.23. The summed E-state index contributed by atoms with van der Waals surface area (Å²) in [6.07, 6.45) is -0.233. The van der Waals surface area contributed by atoms with E-state index < -0.39 is 5.97 Å². The Morgan fingerprint density at radius 2 is 2.10 bits per heavy atom. The zero-order valence-electron chi connectivity index (χ0n) is 11.9. The number of morpholine rings is 1. The van der Waals surface area contributed by atoms with E-state index in [9.17, 15) is 9.59 Å². The Morgan fingerprint density at radius 3 is 2.71 bits per heavy atom. The number of rotatable bonds is 5. The van der Waals surface area contributed by atoms with Crippen LogP contribution in [0.5, 0.6) is 0 Å². The summed E-state index contributed by atoms with van der Waals surface area (Å²) < 4.78 is 10.1. The van der Waals surface area contributed by atoms with E-state index >= 15 is 0 Å². The van der Waals surface area contributed by atoms with Crippen LogP contribution < -0.4 is 0 Å². The molecule has 1 aliphatic rings. The minimum Gasteiger partial charge on any atom is -0.481 e. The fourth-order valence-electron chi connectivity index (χ4n) is 2.36. The number of carbonyl (C=O) groups excluding carboxylic acids is 1. The topological polar surface area (TPSA) is 76.1 Å². The molecule has 0 spiro atoms. The molecule has 1 aromatic rings. The largest absolute Gasteiger partial charge is 0.481 e. The van der Waals surface area contributed by atoms with Gasteiger partial charge in [-0.2, -0.15) is 0 Å². The summed E-state index contributed by atoms with van der Waals surface area (Å²) in [7, 11) is 1.35. The van der Waals surface area contributed by atoms with E-state index in [2.05, 4.69) is 9.64 Å². The monoisotopic (exact) mass is 293 g/mol. The fraction of sp³-hybridized carbons (Fsp3) is 0.467. The van der Waals surface area contributed by atoms with E-state index in [4.69, 9.17) is 9.84 Å². The van der Waals surface area contributed by atoms with Crippen LogP contribution in [-0.4, -0.2) is 54.9 Å². The summed E-state index contributed by atoms with van der Waals surface area (Å²) >= 11 is 0. The molecule has 1 aromatic carbocycles. The van der Waals surface area contributed by atoms with Crippen molar-refractivity contribution in [3.05, 3.63) is 35.4 Å². The van der Waals surface area contributed by atoms with Crippen LogP contribution in [0.3, 0.4) is 0 Å². The first kappa shape index (κ1) is 15.5. The maximum absolute atomic E-state index is 11.4. The quantitative estimate of drug-likeness (QED) is 0.821. The lowest BCUT2D eigenvalue weighted by Gasteiger charge is -2.32. The van der Waals surface area contributed by atoms with Gasteiger partial charge in [0.25, 0.3) is 0 Å². The van der Waals surface area contributed by atoms with Crippen LogP contribution in [0.4, 0.5) is 0 Å². The van der Waals surface area contributed by atoms with Crippen molar-refractivity contribution in [2.45, 2.75) is 19.1 Å². The predicted molar refractivity (Wildman–Crippen MR) is 75.1 cm³/mol. The number of aliphatic carboxylic acids is 1. The summed E-state index contributed by atoms with van der Waals surface area (Å²) in [5.41, 5.74) is 1.59. The molecule has 21 heavy (non-hydrogen) atoms. The molecule has 1 heterocycles. The molecule has 6 nitrogen and oxygen atoms in total. The number of carbonyl (C=O) groups is 2. The average Bonchev–Trinajstić information content (AvgIpc) is 2.47. The Balaban J connectivity index is 1.91. The van der Waals surface area contributed by atoms with Crippen molar-refractivity contribution in [2.24, 2.45) is 0 Å². The van der Waals surface area contributed by atoms with Gasteiger partial charge in [0.2, 0.25) is 0 Å². The number of nitrogens with zero attached hydrogens (tertiary/aromatic N) is 1. The van der Waals surface area contributed by atoms with E-state index in [1.807, 2.05) is 12.1 Å². The summed E-state index contributed by atoms with van der Waals surface area (Å²) in [5, 5.41) is 8.81. The highest BCUT2D eigenvalue weighted by Crippen LogP contribution is 2.13. The minimum atomic E-state index is -0.843. The number of methoxy groups -OCH3 is 1. The van der Waals surface area contributed by atoms with Gasteiger partial charge in [-0.3, -0.25) is 9.69 Å². The Bertz CT molecular complexity index is 499. The second-order valence-electron chi connectivity index (χ2n) is 5.01. The minimum absolute atomic E-state index is 0.0256. The molecule has 1 unspecified atom stereocenters. The van der Waals surface area contributed by atoms with Crippen molar-refractivity contribution in [1.82, 2.24) is 4.90 Å². The standard InChI is InChI=1S/C15H19NO5/c1-20-15(19)12-4-2-11(3-5-12)9-16-6-7-21-13(10-16)8-14(17)18/h2-5,13H,6-10H2,1H3,(H,17,18). The van der Waals surface area contributed by atoms with E-state index in [0.29, 0.717) is 25.3 Å². The molecule has 1 N–H and O–H groups in total. The molecule has 0 saturated carbocycles. The van der Waals surface area contributed by atoms with Crippen LogP contribution in [0, 0.1) is 0 Å². The number of hydrogen-bond acceptors (Lipinski definition) is 5. The van der Waals surface area contributed by atoms with Gasteiger partial charge in [-0.25, -0.2) is 4.79 Å². The van der Waals surface area contributed by atoms with Crippen LogP contribution in [0.1, 0.15) is 22.3 Å². The van der Waals surface area contributed by atoms with Crippen molar-refractivity contribution in [3.63, 3.8) is 0 Å². The smallest absolute Gasteiger partial charge is 0.337 e. The van der Waals surface area contributed by atoms with E-state index in [1.54, 1.807) is 12.1 Å². The lowest BCUT2D eigenvalue weighted by molar-refractivity contribution is -0.142. The lowest BCUT2D eigenvalue weighted by Crippen LogP contribution is -2.42. The zero-order chi connectivity index (χ0) is 15.2. The van der Waals surface area contributed by atoms with Crippen LogP contribution in [-0.2, 0) is 20.8 Å². The highest BCUT2D eigenvalue weighted by Gasteiger charge is 2.22. The van der Waals surface area contributed by atoms with Gasteiger partial charge in [-0.15, -0.1) is 0 Å². The fourth-order valence-corrected chi connectivity index (χ4v) is 2.36. The third-order valence-corrected chi connectivity index (χ3v) is 3.41. The number of esters is 1. The normalized spacial score (nSPS) is 19.2. The molecular weight excluding hydrogens is 274 g/mol. The number of carboxylic acid groups (broad SMARTS) is 1. The van der Waals surface area contributed by atoms with Crippen molar-refractivity contribution in [3.8, 4) is 0 Å². The molecule has 0 aliphatic carbocycles. The highest BCUT2D eigenvalue weighted by molar-refractivity contribution is 5.89. The molecule has 6 heteroatoms. The van der Waals surface area contributed by atoms with Gasteiger partial charge in [0.1, 0.15) is 0 Å². The Kier molecular flexibility index (Phi) is 5.30. The maximum Gasteiger partial charge on any atom is 0.337 e. The number of ether oxygens (including phenoxy) is 2. The van der Waals surface area contributed by atoms with E-state index in [-0.39, 0.29) is 18.5 Å². The highest BCUT2D eigenvalue weighted by atomic mass is 16.5. The van der Waals surface area contributed by atoms with Gasteiger partial charge in [0.15, 0.2) is 0 Å². The molecule has 1 aliphatic heterocycles. The molecule has 1 fully saturated rings. The van der Waals surface area contributed by atoms with Crippen molar-refractivity contribution in [1.29, 1.82) is 0 Å². The molecule has 114 valence electrons. The average molecular weight is 293 g/mol. The van der Waals surface area contributed by atoms with Crippen LogP contribution >= 0.6 is 0 Å². The van der Waals surface area contributed by atoms with Gasteiger partial charge >= 0.3 is 11.9 Å². The van der Waals surface area contributed by atoms with E-state index in [1.165, 1.54) is 7.11 Å². The third kappa shape index (κ3) is 4.54. The van der Waals surface area contributed by atoms with Crippen LogP contribution in [0.2, 0.25) is 0 Å². The van der Waals surface area contributed by atoms with Gasteiger partial charge < -0.3 is 14.6 Å². The van der Waals surface area contributed by atoms with Gasteiger partial charge in [0.05, 0.1) is 31.8 Å². The van der Waals surface area contributed by atoms with Crippen LogP contribution in [0.15, 0.2) is 24.3 Å². The molecule has 0 aromatic heterocycles. The third-order valence-electron chi connectivity index (χ3n) is 3.41. The number of carboxylic acids is 1. The maximum atomic E-state index is 11.4. The van der Waals surface area contributed by atoms with E-state index in [0.717, 1.165) is 12.1 Å². The second kappa shape index (κ2) is 7.19. The summed E-state index contributed by atoms with van der Waals surface area (Å²) in [4.78, 5) is 24.2. The van der Waals surface area contributed by atoms with Crippen molar-refractivity contribution < 1.29 is 24.2 Å². The molecule has 1 saturated heterocycles. The Morgan fingerprint density at radius 1 is 1.38 bits per heavy atom. The molecule has 1 atom stereocenters.